The highest BCUT2D eigenvalue weighted by atomic mass is 16.5. The maximum atomic E-state index is 10.9. The van der Waals surface area contributed by atoms with E-state index in [1.165, 1.54) is 4.90 Å². The van der Waals surface area contributed by atoms with E-state index in [2.05, 4.69) is 4.98 Å². The molecule has 0 bridgehead atoms. The molecule has 1 N–H and O–H groups in total. The summed E-state index contributed by atoms with van der Waals surface area (Å²) < 4.78 is 5.67. The monoisotopic (exact) mass is 236 g/mol. The van der Waals surface area contributed by atoms with Crippen LogP contribution in [0.25, 0.3) is 0 Å². The van der Waals surface area contributed by atoms with Gasteiger partial charge < -0.3 is 14.7 Å². The molecule has 0 spiro atoms. The van der Waals surface area contributed by atoms with E-state index in [9.17, 15) is 4.79 Å². The first-order chi connectivity index (χ1) is 8.05. The Morgan fingerprint density at radius 1 is 1.65 bits per heavy atom. The van der Waals surface area contributed by atoms with Crippen molar-refractivity contribution in [3.63, 3.8) is 0 Å². The van der Waals surface area contributed by atoms with Crippen LogP contribution in [0.15, 0.2) is 18.3 Å². The summed E-state index contributed by atoms with van der Waals surface area (Å²) >= 11 is 0. The second-order valence-corrected chi connectivity index (χ2v) is 4.44. The maximum absolute atomic E-state index is 10.9. The minimum absolute atomic E-state index is 0.339. The molecule has 0 aromatic carbocycles. The highest BCUT2D eigenvalue weighted by molar-refractivity contribution is 5.66. The standard InChI is InChI=1S/C12H16N2O3/c1-9-10(4-3-7-13-9)17-8-12(5-6-12)14(2)11(15)16/h3-4,7H,5-6,8H2,1-2H3,(H,15,16). The van der Waals surface area contributed by atoms with Gasteiger partial charge in [0.2, 0.25) is 0 Å². The molecule has 0 radical (unpaired) electrons. The smallest absolute Gasteiger partial charge is 0.407 e. The van der Waals surface area contributed by atoms with E-state index in [1.54, 1.807) is 13.2 Å². The molecule has 17 heavy (non-hydrogen) atoms. The van der Waals surface area contributed by atoms with Gasteiger partial charge in [0.1, 0.15) is 12.4 Å². The quantitative estimate of drug-likeness (QED) is 0.867. The van der Waals surface area contributed by atoms with Gasteiger partial charge in [-0.25, -0.2) is 4.79 Å². The molecule has 5 heteroatoms. The third-order valence-corrected chi connectivity index (χ3v) is 3.28. The van der Waals surface area contributed by atoms with E-state index in [0.29, 0.717) is 6.61 Å². The van der Waals surface area contributed by atoms with Crippen LogP contribution in [-0.2, 0) is 0 Å². The summed E-state index contributed by atoms with van der Waals surface area (Å²) in [5, 5.41) is 8.97. The SMILES string of the molecule is Cc1ncccc1OCC1(N(C)C(=O)O)CC1. The Hall–Kier alpha value is -1.78. The Bertz CT molecular complexity index is 430. The number of nitrogens with zero attached hydrogens (tertiary/aromatic N) is 2. The van der Waals surface area contributed by atoms with E-state index in [4.69, 9.17) is 9.84 Å². The van der Waals surface area contributed by atoms with Gasteiger partial charge in [0.05, 0.1) is 11.2 Å². The topological polar surface area (TPSA) is 62.7 Å². The summed E-state index contributed by atoms with van der Waals surface area (Å²) in [7, 11) is 1.59. The van der Waals surface area contributed by atoms with Crippen LogP contribution in [0.3, 0.4) is 0 Å². The first-order valence-corrected chi connectivity index (χ1v) is 5.56. The van der Waals surface area contributed by atoms with Crippen molar-refractivity contribution < 1.29 is 14.6 Å². The molecule has 0 saturated heterocycles. The van der Waals surface area contributed by atoms with Crippen molar-refractivity contribution in [3.05, 3.63) is 24.0 Å². The van der Waals surface area contributed by atoms with Crippen molar-refractivity contribution in [2.75, 3.05) is 13.7 Å². The highest BCUT2D eigenvalue weighted by Gasteiger charge is 2.49. The third-order valence-electron chi connectivity index (χ3n) is 3.28. The molecule has 1 aliphatic carbocycles. The molecule has 1 saturated carbocycles. The lowest BCUT2D eigenvalue weighted by molar-refractivity contribution is 0.109. The summed E-state index contributed by atoms with van der Waals surface area (Å²) in [4.78, 5) is 16.4. The van der Waals surface area contributed by atoms with E-state index in [1.807, 2.05) is 19.1 Å². The van der Waals surface area contributed by atoms with Gasteiger partial charge >= 0.3 is 6.09 Å². The Labute approximate surface area is 100 Å². The first kappa shape index (κ1) is 11.7. The number of likely N-dealkylation sites (N-methyl/N-ethyl adjacent to an activating group) is 1. The highest BCUT2D eigenvalue weighted by Crippen LogP contribution is 2.41. The summed E-state index contributed by atoms with van der Waals surface area (Å²) in [6, 6.07) is 3.65. The van der Waals surface area contributed by atoms with Crippen LogP contribution in [-0.4, -0.2) is 40.3 Å². The number of hydrogen-bond donors (Lipinski definition) is 1. The largest absolute Gasteiger partial charge is 0.489 e. The second kappa shape index (κ2) is 4.24. The van der Waals surface area contributed by atoms with Gasteiger partial charge in [0, 0.05) is 13.2 Å². The molecular formula is C12H16N2O3. The normalized spacial score (nSPS) is 16.4. The molecule has 92 valence electrons. The lowest BCUT2D eigenvalue weighted by Gasteiger charge is -2.25. The molecule has 1 aliphatic rings. The summed E-state index contributed by atoms with van der Waals surface area (Å²) in [5.74, 6) is 0.720. The average molecular weight is 236 g/mol. The fourth-order valence-electron chi connectivity index (χ4n) is 1.76. The van der Waals surface area contributed by atoms with Gasteiger partial charge in [0.15, 0.2) is 0 Å². The molecule has 0 atom stereocenters. The number of amides is 1. The molecular weight excluding hydrogens is 220 g/mol. The number of rotatable bonds is 4. The molecule has 1 heterocycles. The van der Waals surface area contributed by atoms with E-state index in [-0.39, 0.29) is 5.54 Å². The lowest BCUT2D eigenvalue weighted by atomic mass is 10.2. The number of aromatic nitrogens is 1. The van der Waals surface area contributed by atoms with Gasteiger partial charge in [-0.05, 0) is 31.9 Å². The van der Waals surface area contributed by atoms with Gasteiger partial charge in [-0.2, -0.15) is 0 Å². The van der Waals surface area contributed by atoms with Crippen molar-refractivity contribution in [2.24, 2.45) is 0 Å². The van der Waals surface area contributed by atoms with E-state index >= 15 is 0 Å². The Morgan fingerprint density at radius 3 is 2.88 bits per heavy atom. The first-order valence-electron chi connectivity index (χ1n) is 5.56. The Morgan fingerprint density at radius 2 is 2.35 bits per heavy atom. The number of hydrogen-bond acceptors (Lipinski definition) is 3. The average Bonchev–Trinajstić information content (AvgIpc) is 3.08. The van der Waals surface area contributed by atoms with Crippen LogP contribution >= 0.6 is 0 Å². The molecule has 5 nitrogen and oxygen atoms in total. The molecule has 0 aliphatic heterocycles. The zero-order valence-electron chi connectivity index (χ0n) is 10.0. The van der Waals surface area contributed by atoms with E-state index < -0.39 is 6.09 Å². The minimum Gasteiger partial charge on any atom is -0.489 e. The van der Waals surface area contributed by atoms with Crippen molar-refractivity contribution in [1.29, 1.82) is 0 Å². The van der Waals surface area contributed by atoms with Gasteiger partial charge in [-0.15, -0.1) is 0 Å². The fourth-order valence-corrected chi connectivity index (χ4v) is 1.76. The predicted molar refractivity (Wildman–Crippen MR) is 62.2 cm³/mol. The van der Waals surface area contributed by atoms with Crippen LogP contribution in [0.5, 0.6) is 5.75 Å². The number of carboxylic acid groups (broad SMARTS) is 1. The number of carbonyl (C=O) groups is 1. The maximum Gasteiger partial charge on any atom is 0.407 e. The zero-order chi connectivity index (χ0) is 12.5. The number of aryl methyl sites for hydroxylation is 1. The molecule has 1 fully saturated rings. The van der Waals surface area contributed by atoms with Gasteiger partial charge in [-0.3, -0.25) is 4.98 Å². The van der Waals surface area contributed by atoms with Gasteiger partial charge in [0.25, 0.3) is 0 Å². The summed E-state index contributed by atoms with van der Waals surface area (Å²) in [5.41, 5.74) is 0.481. The van der Waals surface area contributed by atoms with Crippen LogP contribution in [0.4, 0.5) is 4.79 Å². The summed E-state index contributed by atoms with van der Waals surface area (Å²) in [6.07, 6.45) is 2.51. The number of ether oxygens (including phenoxy) is 1. The zero-order valence-corrected chi connectivity index (χ0v) is 10.0. The second-order valence-electron chi connectivity index (χ2n) is 4.44. The minimum atomic E-state index is -0.908. The summed E-state index contributed by atoms with van der Waals surface area (Å²) in [6.45, 7) is 2.26. The molecule has 0 unspecified atom stereocenters. The van der Waals surface area contributed by atoms with Crippen molar-refractivity contribution in [2.45, 2.75) is 25.3 Å². The van der Waals surface area contributed by atoms with E-state index in [0.717, 1.165) is 24.3 Å². The molecule has 2 rings (SSSR count). The van der Waals surface area contributed by atoms with Crippen LogP contribution in [0.2, 0.25) is 0 Å². The van der Waals surface area contributed by atoms with Crippen molar-refractivity contribution in [3.8, 4) is 5.75 Å². The van der Waals surface area contributed by atoms with Crippen molar-refractivity contribution in [1.82, 2.24) is 9.88 Å². The number of pyridine rings is 1. The predicted octanol–water partition coefficient (Wildman–Crippen LogP) is 1.91. The fraction of sp³-hybridized carbons (Fsp3) is 0.500. The van der Waals surface area contributed by atoms with Gasteiger partial charge in [-0.1, -0.05) is 0 Å². The molecule has 1 aromatic rings. The lowest BCUT2D eigenvalue weighted by Crippen LogP contribution is -2.42. The van der Waals surface area contributed by atoms with Crippen LogP contribution in [0.1, 0.15) is 18.5 Å². The molecule has 1 amide bonds. The third kappa shape index (κ3) is 2.33. The molecule has 1 aromatic heterocycles. The van der Waals surface area contributed by atoms with Crippen molar-refractivity contribution >= 4 is 6.09 Å². The van der Waals surface area contributed by atoms with Crippen LogP contribution < -0.4 is 4.74 Å². The Balaban J connectivity index is 1.99. The Kier molecular flexibility index (Phi) is 2.92. The van der Waals surface area contributed by atoms with Crippen LogP contribution in [0, 0.1) is 6.92 Å².